The minimum absolute atomic E-state index is 0.645. The number of hydrogen-bond acceptors (Lipinski definition) is 3. The Hall–Kier alpha value is -2.00. The van der Waals surface area contributed by atoms with Gasteiger partial charge >= 0.3 is 0 Å². The van der Waals surface area contributed by atoms with Crippen LogP contribution < -0.4 is 14.8 Å². The third kappa shape index (κ3) is 5.48. The van der Waals surface area contributed by atoms with Crippen molar-refractivity contribution in [2.24, 2.45) is 0 Å². The quantitative estimate of drug-likeness (QED) is 0.717. The summed E-state index contributed by atoms with van der Waals surface area (Å²) in [5.74, 6) is 1.58. The van der Waals surface area contributed by atoms with Crippen molar-refractivity contribution in [2.75, 3.05) is 26.8 Å². The minimum atomic E-state index is 0.645. The van der Waals surface area contributed by atoms with Gasteiger partial charge in [-0.3, -0.25) is 0 Å². The second kappa shape index (κ2) is 9.03. The van der Waals surface area contributed by atoms with Gasteiger partial charge in [-0.15, -0.1) is 0 Å². The van der Waals surface area contributed by atoms with Crippen molar-refractivity contribution >= 4 is 0 Å². The highest BCUT2D eigenvalue weighted by Gasteiger charge is 2.01. The molecule has 0 radical (unpaired) electrons. The lowest BCUT2D eigenvalue weighted by Crippen LogP contribution is -2.22. The van der Waals surface area contributed by atoms with E-state index in [0.29, 0.717) is 6.61 Å². The van der Waals surface area contributed by atoms with E-state index in [4.69, 9.17) is 9.47 Å². The summed E-state index contributed by atoms with van der Waals surface area (Å²) in [6.07, 6.45) is 2.25. The third-order valence-electron chi connectivity index (χ3n) is 3.27. The summed E-state index contributed by atoms with van der Waals surface area (Å²) in [6.45, 7) is 2.49. The molecule has 3 heteroatoms. The Bertz CT molecular complexity index is 514. The average Bonchev–Trinajstić information content (AvgIpc) is 2.55. The van der Waals surface area contributed by atoms with Crippen molar-refractivity contribution in [3.63, 3.8) is 0 Å². The van der Waals surface area contributed by atoms with Gasteiger partial charge in [0.2, 0.25) is 0 Å². The molecule has 0 heterocycles. The zero-order valence-corrected chi connectivity index (χ0v) is 12.5. The molecule has 0 aliphatic carbocycles. The molecule has 21 heavy (non-hydrogen) atoms. The van der Waals surface area contributed by atoms with Crippen LogP contribution in [0.3, 0.4) is 0 Å². The Kier molecular flexibility index (Phi) is 6.62. The van der Waals surface area contributed by atoms with E-state index in [2.05, 4.69) is 35.6 Å². The molecule has 2 aromatic rings. The predicted molar refractivity (Wildman–Crippen MR) is 86.1 cm³/mol. The van der Waals surface area contributed by atoms with Crippen LogP contribution in [0.2, 0.25) is 0 Å². The maximum absolute atomic E-state index is 5.71. The molecule has 2 rings (SSSR count). The van der Waals surface area contributed by atoms with Crippen molar-refractivity contribution in [2.45, 2.75) is 12.8 Å². The van der Waals surface area contributed by atoms with Gasteiger partial charge in [0.05, 0.1) is 7.11 Å². The molecule has 0 bridgehead atoms. The van der Waals surface area contributed by atoms with E-state index >= 15 is 0 Å². The van der Waals surface area contributed by atoms with E-state index in [1.54, 1.807) is 7.11 Å². The Labute approximate surface area is 126 Å². The number of hydrogen-bond donors (Lipinski definition) is 1. The lowest BCUT2D eigenvalue weighted by atomic mass is 10.1. The molecule has 0 spiro atoms. The Morgan fingerprint density at radius 3 is 2.33 bits per heavy atom. The molecular weight excluding hydrogens is 262 g/mol. The first kappa shape index (κ1) is 15.4. The maximum Gasteiger partial charge on any atom is 0.161 e. The Morgan fingerprint density at radius 1 is 0.857 bits per heavy atom. The van der Waals surface area contributed by atoms with E-state index in [9.17, 15) is 0 Å². The largest absolute Gasteiger partial charge is 0.493 e. The lowest BCUT2D eigenvalue weighted by molar-refractivity contribution is 0.292. The smallest absolute Gasteiger partial charge is 0.161 e. The molecule has 0 fully saturated rings. The van der Waals surface area contributed by atoms with Gasteiger partial charge < -0.3 is 14.8 Å². The molecule has 112 valence electrons. The summed E-state index contributed by atoms with van der Waals surface area (Å²) in [5.41, 5.74) is 1.39. The zero-order chi connectivity index (χ0) is 14.8. The van der Waals surface area contributed by atoms with Crippen LogP contribution in [0.15, 0.2) is 54.6 Å². The van der Waals surface area contributed by atoms with Crippen molar-refractivity contribution < 1.29 is 9.47 Å². The number of aryl methyl sites for hydroxylation is 1. The number of methoxy groups -OCH3 is 1. The van der Waals surface area contributed by atoms with Crippen molar-refractivity contribution in [3.05, 3.63) is 60.2 Å². The monoisotopic (exact) mass is 285 g/mol. The summed E-state index contributed by atoms with van der Waals surface area (Å²) >= 11 is 0. The van der Waals surface area contributed by atoms with Gasteiger partial charge in [-0.05, 0) is 37.1 Å². The van der Waals surface area contributed by atoms with Gasteiger partial charge in [-0.1, -0.05) is 42.5 Å². The fourth-order valence-corrected chi connectivity index (χ4v) is 2.16. The fraction of sp³-hybridized carbons (Fsp3) is 0.333. The van der Waals surface area contributed by atoms with Gasteiger partial charge in [-0.2, -0.15) is 0 Å². The van der Waals surface area contributed by atoms with Crippen LogP contribution in [0, 0.1) is 0 Å². The second-order valence-corrected chi connectivity index (χ2v) is 4.84. The molecule has 1 N–H and O–H groups in total. The molecule has 3 nitrogen and oxygen atoms in total. The van der Waals surface area contributed by atoms with Crippen LogP contribution in [-0.4, -0.2) is 26.8 Å². The average molecular weight is 285 g/mol. The molecule has 0 amide bonds. The van der Waals surface area contributed by atoms with Crippen LogP contribution >= 0.6 is 0 Å². The van der Waals surface area contributed by atoms with Crippen LogP contribution in [0.1, 0.15) is 12.0 Å². The highest BCUT2D eigenvalue weighted by Crippen LogP contribution is 2.25. The highest BCUT2D eigenvalue weighted by molar-refractivity contribution is 5.39. The molecule has 0 saturated heterocycles. The topological polar surface area (TPSA) is 30.5 Å². The highest BCUT2D eigenvalue weighted by atomic mass is 16.5. The molecule has 0 saturated carbocycles. The van der Waals surface area contributed by atoms with E-state index in [1.807, 2.05) is 24.3 Å². The number of rotatable bonds is 9. The number of para-hydroxylation sites is 2. The molecule has 0 unspecified atom stereocenters. The molecule has 0 aromatic heterocycles. The summed E-state index contributed by atoms with van der Waals surface area (Å²) in [4.78, 5) is 0. The molecule has 0 atom stereocenters. The van der Waals surface area contributed by atoms with E-state index in [-0.39, 0.29) is 0 Å². The normalized spacial score (nSPS) is 10.3. The number of ether oxygens (including phenoxy) is 2. The fourth-order valence-electron chi connectivity index (χ4n) is 2.16. The first-order valence-corrected chi connectivity index (χ1v) is 7.40. The number of nitrogens with one attached hydrogen (secondary N) is 1. The van der Waals surface area contributed by atoms with E-state index in [0.717, 1.165) is 37.4 Å². The minimum Gasteiger partial charge on any atom is -0.493 e. The van der Waals surface area contributed by atoms with E-state index < -0.39 is 0 Å². The summed E-state index contributed by atoms with van der Waals surface area (Å²) in [5, 5.41) is 3.40. The third-order valence-corrected chi connectivity index (χ3v) is 3.27. The maximum atomic E-state index is 5.71. The molecule has 2 aromatic carbocycles. The summed E-state index contributed by atoms with van der Waals surface area (Å²) in [7, 11) is 1.66. The van der Waals surface area contributed by atoms with Crippen LogP contribution in [-0.2, 0) is 6.42 Å². The molecular formula is C18H23NO2. The number of benzene rings is 2. The van der Waals surface area contributed by atoms with Crippen LogP contribution in [0.25, 0.3) is 0 Å². The van der Waals surface area contributed by atoms with Gasteiger partial charge in [0.25, 0.3) is 0 Å². The van der Waals surface area contributed by atoms with Gasteiger partial charge in [0.1, 0.15) is 6.61 Å². The molecule has 0 aliphatic rings. The summed E-state index contributed by atoms with van der Waals surface area (Å²) in [6, 6.07) is 18.3. The van der Waals surface area contributed by atoms with Crippen LogP contribution in [0.5, 0.6) is 11.5 Å². The van der Waals surface area contributed by atoms with Crippen LogP contribution in [0.4, 0.5) is 0 Å². The predicted octanol–water partition coefficient (Wildman–Crippen LogP) is 3.30. The van der Waals surface area contributed by atoms with Gasteiger partial charge in [-0.25, -0.2) is 0 Å². The first-order valence-electron chi connectivity index (χ1n) is 7.40. The Balaban J connectivity index is 1.56. The van der Waals surface area contributed by atoms with Crippen molar-refractivity contribution in [3.8, 4) is 11.5 Å². The molecule has 0 aliphatic heterocycles. The zero-order valence-electron chi connectivity index (χ0n) is 12.5. The standard InChI is InChI=1S/C18H23NO2/c1-20-17-11-5-6-12-18(17)21-15-14-19-13-7-10-16-8-3-2-4-9-16/h2-6,8-9,11-12,19H,7,10,13-15H2,1H3. The SMILES string of the molecule is COc1ccccc1OCCNCCCc1ccccc1. The first-order chi connectivity index (χ1) is 10.4. The Morgan fingerprint density at radius 2 is 1.57 bits per heavy atom. The summed E-state index contributed by atoms with van der Waals surface area (Å²) < 4.78 is 10.9. The van der Waals surface area contributed by atoms with Crippen molar-refractivity contribution in [1.82, 2.24) is 5.32 Å². The van der Waals surface area contributed by atoms with E-state index in [1.165, 1.54) is 5.56 Å². The van der Waals surface area contributed by atoms with Gasteiger partial charge in [0.15, 0.2) is 11.5 Å². The second-order valence-electron chi connectivity index (χ2n) is 4.84. The van der Waals surface area contributed by atoms with Gasteiger partial charge in [0, 0.05) is 6.54 Å². The van der Waals surface area contributed by atoms with Crippen molar-refractivity contribution in [1.29, 1.82) is 0 Å². The lowest BCUT2D eigenvalue weighted by Gasteiger charge is -2.10.